The molecule has 0 aromatic heterocycles. The smallest absolute Gasteiger partial charge is 0.330 e. The van der Waals surface area contributed by atoms with Crippen LogP contribution < -0.4 is 0 Å². The van der Waals surface area contributed by atoms with Crippen molar-refractivity contribution in [3.8, 4) is 0 Å². The van der Waals surface area contributed by atoms with Crippen LogP contribution in [0.3, 0.4) is 0 Å². The first-order valence-electron chi connectivity index (χ1n) is 4.42. The van der Waals surface area contributed by atoms with Crippen LogP contribution in [0.15, 0.2) is 24.3 Å². The molecule has 2 nitrogen and oxygen atoms in total. The standard InChI is InChI=1S/C11H10F2O2/c1-2-15-11(14)4-3-8-5-9(12)7-10(13)6-8/h3-7H,2H2,1H3. The Balaban J connectivity index is 2.76. The van der Waals surface area contributed by atoms with E-state index in [-0.39, 0.29) is 12.2 Å². The molecular formula is C11H10F2O2. The molecule has 0 aliphatic carbocycles. The van der Waals surface area contributed by atoms with Crippen LogP contribution in [0, 0.1) is 11.6 Å². The summed E-state index contributed by atoms with van der Waals surface area (Å²) in [4.78, 5) is 10.9. The molecule has 0 saturated carbocycles. The number of carbonyl (C=O) groups is 1. The number of hydrogen-bond acceptors (Lipinski definition) is 2. The number of rotatable bonds is 3. The fourth-order valence-corrected chi connectivity index (χ4v) is 1.03. The third kappa shape index (κ3) is 3.89. The zero-order valence-electron chi connectivity index (χ0n) is 8.17. The van der Waals surface area contributed by atoms with Gasteiger partial charge in [0, 0.05) is 12.1 Å². The van der Waals surface area contributed by atoms with E-state index in [9.17, 15) is 13.6 Å². The van der Waals surface area contributed by atoms with E-state index in [0.29, 0.717) is 0 Å². The molecule has 0 N–H and O–H groups in total. The van der Waals surface area contributed by atoms with E-state index in [1.54, 1.807) is 6.92 Å². The molecule has 0 bridgehead atoms. The van der Waals surface area contributed by atoms with Crippen molar-refractivity contribution in [3.05, 3.63) is 41.5 Å². The van der Waals surface area contributed by atoms with Gasteiger partial charge in [-0.2, -0.15) is 0 Å². The Morgan fingerprint density at radius 1 is 1.33 bits per heavy atom. The highest BCUT2D eigenvalue weighted by Gasteiger charge is 1.98. The Morgan fingerprint density at radius 3 is 2.47 bits per heavy atom. The van der Waals surface area contributed by atoms with Crippen molar-refractivity contribution in [2.45, 2.75) is 6.92 Å². The Hall–Kier alpha value is -1.71. The van der Waals surface area contributed by atoms with Crippen molar-refractivity contribution in [1.82, 2.24) is 0 Å². The number of ether oxygens (including phenoxy) is 1. The maximum absolute atomic E-state index is 12.7. The minimum absolute atomic E-state index is 0.265. The lowest BCUT2D eigenvalue weighted by Gasteiger charge is -1.96. The van der Waals surface area contributed by atoms with Gasteiger partial charge in [-0.1, -0.05) is 0 Å². The predicted octanol–water partition coefficient (Wildman–Crippen LogP) is 2.54. The third-order valence-corrected chi connectivity index (χ3v) is 1.58. The zero-order chi connectivity index (χ0) is 11.3. The molecule has 0 saturated heterocycles. The molecule has 0 aliphatic rings. The number of carbonyl (C=O) groups excluding carboxylic acids is 1. The monoisotopic (exact) mass is 212 g/mol. The quantitative estimate of drug-likeness (QED) is 0.568. The molecule has 0 unspecified atom stereocenters. The number of esters is 1. The molecule has 1 aromatic carbocycles. The number of hydrogen-bond donors (Lipinski definition) is 0. The summed E-state index contributed by atoms with van der Waals surface area (Å²) < 4.78 is 30.0. The molecule has 0 amide bonds. The highest BCUT2D eigenvalue weighted by atomic mass is 19.1. The van der Waals surface area contributed by atoms with Gasteiger partial charge in [0.15, 0.2) is 0 Å². The van der Waals surface area contributed by atoms with Crippen LogP contribution >= 0.6 is 0 Å². The van der Waals surface area contributed by atoms with Gasteiger partial charge >= 0.3 is 5.97 Å². The summed E-state index contributed by atoms with van der Waals surface area (Å²) in [6.07, 6.45) is 2.42. The van der Waals surface area contributed by atoms with Crippen molar-refractivity contribution < 1.29 is 18.3 Å². The highest BCUT2D eigenvalue weighted by Crippen LogP contribution is 2.09. The van der Waals surface area contributed by atoms with E-state index in [0.717, 1.165) is 24.3 Å². The Morgan fingerprint density at radius 2 is 1.93 bits per heavy atom. The summed E-state index contributed by atoms with van der Waals surface area (Å²) >= 11 is 0. The van der Waals surface area contributed by atoms with Gasteiger partial charge in [0.2, 0.25) is 0 Å². The molecule has 0 atom stereocenters. The van der Waals surface area contributed by atoms with E-state index < -0.39 is 17.6 Å². The molecule has 0 aliphatic heterocycles. The summed E-state index contributed by atoms with van der Waals surface area (Å²) in [5.41, 5.74) is 0.278. The molecule has 1 aromatic rings. The summed E-state index contributed by atoms with van der Waals surface area (Å²) in [5.74, 6) is -1.90. The zero-order valence-corrected chi connectivity index (χ0v) is 8.17. The predicted molar refractivity (Wildman–Crippen MR) is 52.0 cm³/mol. The normalized spacial score (nSPS) is 10.6. The second kappa shape index (κ2) is 5.24. The fourth-order valence-electron chi connectivity index (χ4n) is 1.03. The lowest BCUT2D eigenvalue weighted by Crippen LogP contribution is -1.98. The van der Waals surface area contributed by atoms with Crippen molar-refractivity contribution in [2.75, 3.05) is 6.61 Å². The van der Waals surface area contributed by atoms with Gasteiger partial charge in [-0.05, 0) is 30.7 Å². The molecule has 0 spiro atoms. The van der Waals surface area contributed by atoms with E-state index in [1.165, 1.54) is 6.08 Å². The van der Waals surface area contributed by atoms with Gasteiger partial charge in [0.1, 0.15) is 11.6 Å². The first kappa shape index (κ1) is 11.4. The average Bonchev–Trinajstić information content (AvgIpc) is 2.14. The van der Waals surface area contributed by atoms with Gasteiger partial charge in [-0.3, -0.25) is 0 Å². The van der Waals surface area contributed by atoms with Crippen molar-refractivity contribution in [1.29, 1.82) is 0 Å². The van der Waals surface area contributed by atoms with Crippen molar-refractivity contribution in [3.63, 3.8) is 0 Å². The maximum Gasteiger partial charge on any atom is 0.330 e. The first-order valence-corrected chi connectivity index (χ1v) is 4.42. The average molecular weight is 212 g/mol. The molecule has 0 fully saturated rings. The SMILES string of the molecule is CCOC(=O)C=Cc1cc(F)cc(F)c1. The van der Waals surface area contributed by atoms with Crippen LogP contribution in [0.5, 0.6) is 0 Å². The van der Waals surface area contributed by atoms with E-state index in [4.69, 9.17) is 0 Å². The van der Waals surface area contributed by atoms with E-state index >= 15 is 0 Å². The van der Waals surface area contributed by atoms with Crippen LogP contribution in [-0.2, 0) is 9.53 Å². The highest BCUT2D eigenvalue weighted by molar-refractivity contribution is 5.86. The van der Waals surface area contributed by atoms with Crippen LogP contribution in [0.1, 0.15) is 12.5 Å². The van der Waals surface area contributed by atoms with Gasteiger partial charge in [-0.15, -0.1) is 0 Å². The van der Waals surface area contributed by atoms with E-state index in [1.807, 2.05) is 0 Å². The minimum atomic E-state index is -0.682. The molecular weight excluding hydrogens is 202 g/mol. The summed E-state index contributed by atoms with van der Waals surface area (Å²) in [7, 11) is 0. The lowest BCUT2D eigenvalue weighted by atomic mass is 10.2. The second-order valence-corrected chi connectivity index (χ2v) is 2.79. The summed E-state index contributed by atoms with van der Waals surface area (Å²) in [5, 5.41) is 0. The molecule has 15 heavy (non-hydrogen) atoms. The summed E-state index contributed by atoms with van der Waals surface area (Å²) in [6.45, 7) is 1.94. The van der Waals surface area contributed by atoms with Crippen molar-refractivity contribution >= 4 is 12.0 Å². The first-order chi connectivity index (χ1) is 7.11. The third-order valence-electron chi connectivity index (χ3n) is 1.58. The molecule has 0 heterocycles. The van der Waals surface area contributed by atoms with Crippen LogP contribution in [0.25, 0.3) is 6.08 Å². The summed E-state index contributed by atoms with van der Waals surface area (Å²) in [6, 6.07) is 3.01. The second-order valence-electron chi connectivity index (χ2n) is 2.79. The molecule has 4 heteroatoms. The van der Waals surface area contributed by atoms with Gasteiger partial charge in [0.25, 0.3) is 0 Å². The number of halogens is 2. The van der Waals surface area contributed by atoms with Crippen LogP contribution in [0.4, 0.5) is 8.78 Å². The minimum Gasteiger partial charge on any atom is -0.463 e. The topological polar surface area (TPSA) is 26.3 Å². The number of benzene rings is 1. The van der Waals surface area contributed by atoms with Crippen molar-refractivity contribution in [2.24, 2.45) is 0 Å². The van der Waals surface area contributed by atoms with E-state index in [2.05, 4.69) is 4.74 Å². The van der Waals surface area contributed by atoms with Gasteiger partial charge < -0.3 is 4.74 Å². The Labute approximate surface area is 86.2 Å². The molecule has 80 valence electrons. The fraction of sp³-hybridized carbons (Fsp3) is 0.182. The van der Waals surface area contributed by atoms with Gasteiger partial charge in [0.05, 0.1) is 6.61 Å². The Kier molecular flexibility index (Phi) is 3.97. The molecule has 1 rings (SSSR count). The van der Waals surface area contributed by atoms with Crippen LogP contribution in [0.2, 0.25) is 0 Å². The Bertz CT molecular complexity index is 366. The maximum atomic E-state index is 12.7. The van der Waals surface area contributed by atoms with Gasteiger partial charge in [-0.25, -0.2) is 13.6 Å². The lowest BCUT2D eigenvalue weighted by molar-refractivity contribution is -0.137. The van der Waals surface area contributed by atoms with Crippen LogP contribution in [-0.4, -0.2) is 12.6 Å². The largest absolute Gasteiger partial charge is 0.463 e. The molecule has 0 radical (unpaired) electrons.